The molecule has 0 aliphatic carbocycles. The number of ether oxygens (including phenoxy) is 1. The summed E-state index contributed by atoms with van der Waals surface area (Å²) in [5.41, 5.74) is 0.131. The molecule has 1 N–H and O–H groups in total. The Bertz CT molecular complexity index is 601. The zero-order valence-electron chi connectivity index (χ0n) is 11.7. The monoisotopic (exact) mass is 293 g/mol. The average Bonchev–Trinajstić information content (AvgIpc) is 2.78. The van der Waals surface area contributed by atoms with Crippen LogP contribution < -0.4 is 5.32 Å². The van der Waals surface area contributed by atoms with Crippen molar-refractivity contribution in [2.45, 2.75) is 12.5 Å². The van der Waals surface area contributed by atoms with Gasteiger partial charge in [0.25, 0.3) is 5.69 Å². The van der Waals surface area contributed by atoms with Crippen LogP contribution in [0, 0.1) is 10.1 Å². The summed E-state index contributed by atoms with van der Waals surface area (Å²) in [7, 11) is 2.90. The number of methoxy groups -OCH3 is 1. The molecule has 8 nitrogen and oxygen atoms in total. The van der Waals surface area contributed by atoms with E-state index >= 15 is 0 Å². The summed E-state index contributed by atoms with van der Waals surface area (Å²) < 4.78 is 4.59. The molecule has 1 aromatic rings. The van der Waals surface area contributed by atoms with Crippen molar-refractivity contribution < 1.29 is 19.2 Å². The molecule has 1 fully saturated rings. The van der Waals surface area contributed by atoms with Gasteiger partial charge in [0.05, 0.1) is 17.6 Å². The number of carbonyl (C=O) groups excluding carboxylic acids is 2. The Morgan fingerprint density at radius 2 is 2.24 bits per heavy atom. The Hall–Kier alpha value is -2.64. The normalized spacial score (nSPS) is 17.7. The number of likely N-dealkylation sites (N-methyl/N-ethyl adjacent to an activating group) is 1. The van der Waals surface area contributed by atoms with Gasteiger partial charge in [-0.1, -0.05) is 0 Å². The fraction of sp³-hybridized carbons (Fsp3) is 0.385. The second-order valence-corrected chi connectivity index (χ2v) is 4.73. The lowest BCUT2D eigenvalue weighted by Crippen LogP contribution is -2.31. The Morgan fingerprint density at radius 1 is 1.52 bits per heavy atom. The van der Waals surface area contributed by atoms with E-state index in [1.807, 2.05) is 0 Å². The lowest BCUT2D eigenvalue weighted by atomic mass is 10.1. The SMILES string of the molecule is COC(=O)c1ccc([N+](=O)[O-])c(NC2CCN(C)C2=O)c1. The van der Waals surface area contributed by atoms with Gasteiger partial charge in [-0.05, 0) is 18.6 Å². The predicted molar refractivity (Wildman–Crippen MR) is 74.1 cm³/mol. The molecular formula is C13H15N3O5. The highest BCUT2D eigenvalue weighted by Crippen LogP contribution is 2.28. The number of nitrogens with zero attached hydrogens (tertiary/aromatic N) is 2. The van der Waals surface area contributed by atoms with Gasteiger partial charge in [0.2, 0.25) is 5.91 Å². The summed E-state index contributed by atoms with van der Waals surface area (Å²) in [5.74, 6) is -0.726. The largest absolute Gasteiger partial charge is 0.465 e. The van der Waals surface area contributed by atoms with Crippen LogP contribution in [0.15, 0.2) is 18.2 Å². The van der Waals surface area contributed by atoms with E-state index in [9.17, 15) is 19.7 Å². The van der Waals surface area contributed by atoms with Crippen molar-refractivity contribution >= 4 is 23.3 Å². The molecule has 2 rings (SSSR count). The number of nitro benzene ring substituents is 1. The summed E-state index contributed by atoms with van der Waals surface area (Å²) in [4.78, 5) is 35.4. The Kier molecular flexibility index (Phi) is 4.06. The van der Waals surface area contributed by atoms with Crippen LogP contribution in [-0.2, 0) is 9.53 Å². The molecule has 0 aromatic heterocycles. The molecule has 1 aromatic carbocycles. The number of likely N-dealkylation sites (tertiary alicyclic amines) is 1. The number of hydrogen-bond acceptors (Lipinski definition) is 6. The second kappa shape index (κ2) is 5.78. The van der Waals surface area contributed by atoms with E-state index in [0.717, 1.165) is 0 Å². The molecule has 0 bridgehead atoms. The van der Waals surface area contributed by atoms with Crippen molar-refractivity contribution in [1.29, 1.82) is 0 Å². The minimum atomic E-state index is -0.595. The number of nitro groups is 1. The molecule has 1 amide bonds. The highest BCUT2D eigenvalue weighted by atomic mass is 16.6. The van der Waals surface area contributed by atoms with Gasteiger partial charge < -0.3 is 15.0 Å². The molecule has 0 spiro atoms. The first kappa shape index (κ1) is 14.8. The van der Waals surface area contributed by atoms with Crippen LogP contribution >= 0.6 is 0 Å². The summed E-state index contributed by atoms with van der Waals surface area (Å²) >= 11 is 0. The van der Waals surface area contributed by atoms with E-state index in [4.69, 9.17) is 0 Å². The molecule has 0 radical (unpaired) electrons. The minimum Gasteiger partial charge on any atom is -0.465 e. The Labute approximate surface area is 120 Å². The van der Waals surface area contributed by atoms with Crippen LogP contribution in [0.25, 0.3) is 0 Å². The Balaban J connectivity index is 2.33. The zero-order valence-corrected chi connectivity index (χ0v) is 11.7. The van der Waals surface area contributed by atoms with Gasteiger partial charge in [0.1, 0.15) is 11.7 Å². The third-order valence-electron chi connectivity index (χ3n) is 3.37. The summed E-state index contributed by atoms with van der Waals surface area (Å²) in [6.45, 7) is 0.584. The number of carbonyl (C=O) groups is 2. The highest BCUT2D eigenvalue weighted by molar-refractivity contribution is 5.92. The van der Waals surface area contributed by atoms with E-state index < -0.39 is 16.9 Å². The van der Waals surface area contributed by atoms with Gasteiger partial charge in [0.15, 0.2) is 0 Å². The third kappa shape index (κ3) is 2.93. The fourth-order valence-corrected chi connectivity index (χ4v) is 2.20. The molecule has 21 heavy (non-hydrogen) atoms. The van der Waals surface area contributed by atoms with Gasteiger partial charge in [-0.2, -0.15) is 0 Å². The fourth-order valence-electron chi connectivity index (χ4n) is 2.20. The van der Waals surface area contributed by atoms with Gasteiger partial charge in [-0.25, -0.2) is 4.79 Å². The molecular weight excluding hydrogens is 278 g/mol. The molecule has 112 valence electrons. The maximum absolute atomic E-state index is 11.9. The first-order valence-corrected chi connectivity index (χ1v) is 6.32. The third-order valence-corrected chi connectivity index (χ3v) is 3.37. The lowest BCUT2D eigenvalue weighted by Gasteiger charge is -2.14. The van der Waals surface area contributed by atoms with Crippen LogP contribution in [0.2, 0.25) is 0 Å². The van der Waals surface area contributed by atoms with Gasteiger partial charge in [-0.15, -0.1) is 0 Å². The van der Waals surface area contributed by atoms with Crippen LogP contribution in [0.4, 0.5) is 11.4 Å². The maximum Gasteiger partial charge on any atom is 0.337 e. The molecule has 1 heterocycles. The summed E-state index contributed by atoms with van der Waals surface area (Å²) in [6, 6.07) is 3.34. The first-order valence-electron chi connectivity index (χ1n) is 6.32. The quantitative estimate of drug-likeness (QED) is 0.505. The van der Waals surface area contributed by atoms with E-state index in [-0.39, 0.29) is 22.8 Å². The van der Waals surface area contributed by atoms with Crippen molar-refractivity contribution in [3.8, 4) is 0 Å². The standard InChI is InChI=1S/C13H15N3O5/c1-15-6-5-9(12(15)17)14-10-7-8(13(18)21-2)3-4-11(10)16(19)20/h3-4,7,9,14H,5-6H2,1-2H3. The lowest BCUT2D eigenvalue weighted by molar-refractivity contribution is -0.384. The molecule has 1 aliphatic rings. The smallest absolute Gasteiger partial charge is 0.337 e. The van der Waals surface area contributed by atoms with E-state index in [0.29, 0.717) is 13.0 Å². The van der Waals surface area contributed by atoms with E-state index in [1.54, 1.807) is 11.9 Å². The number of esters is 1. The van der Waals surface area contributed by atoms with Crippen molar-refractivity contribution in [1.82, 2.24) is 4.90 Å². The highest BCUT2D eigenvalue weighted by Gasteiger charge is 2.30. The van der Waals surface area contributed by atoms with Crippen LogP contribution in [-0.4, -0.2) is 48.4 Å². The zero-order chi connectivity index (χ0) is 15.6. The predicted octanol–water partition coefficient (Wildman–Crippen LogP) is 1.02. The number of nitrogens with one attached hydrogen (secondary N) is 1. The summed E-state index contributed by atoms with van der Waals surface area (Å²) in [6.07, 6.45) is 0.551. The first-order chi connectivity index (χ1) is 9.93. The van der Waals surface area contributed by atoms with E-state index in [2.05, 4.69) is 10.1 Å². The molecule has 8 heteroatoms. The van der Waals surface area contributed by atoms with Crippen LogP contribution in [0.3, 0.4) is 0 Å². The average molecular weight is 293 g/mol. The number of amides is 1. The second-order valence-electron chi connectivity index (χ2n) is 4.73. The summed E-state index contributed by atoms with van der Waals surface area (Å²) in [5, 5.41) is 13.9. The van der Waals surface area contributed by atoms with Crippen molar-refractivity contribution in [2.75, 3.05) is 26.0 Å². The number of hydrogen-bond donors (Lipinski definition) is 1. The molecule has 1 atom stereocenters. The number of rotatable bonds is 4. The minimum absolute atomic E-state index is 0.132. The van der Waals surface area contributed by atoms with Crippen molar-refractivity contribution in [2.24, 2.45) is 0 Å². The van der Waals surface area contributed by atoms with Crippen LogP contribution in [0.1, 0.15) is 16.8 Å². The molecule has 1 saturated heterocycles. The Morgan fingerprint density at radius 3 is 2.76 bits per heavy atom. The van der Waals surface area contributed by atoms with E-state index in [1.165, 1.54) is 25.3 Å². The maximum atomic E-state index is 11.9. The van der Waals surface area contributed by atoms with Crippen LogP contribution in [0.5, 0.6) is 0 Å². The van der Waals surface area contributed by atoms with Gasteiger partial charge in [0, 0.05) is 19.7 Å². The molecule has 0 saturated carbocycles. The number of anilines is 1. The molecule has 1 aliphatic heterocycles. The topological polar surface area (TPSA) is 102 Å². The van der Waals surface area contributed by atoms with Crippen molar-refractivity contribution in [3.63, 3.8) is 0 Å². The van der Waals surface area contributed by atoms with Gasteiger partial charge >= 0.3 is 5.97 Å². The van der Waals surface area contributed by atoms with Crippen molar-refractivity contribution in [3.05, 3.63) is 33.9 Å². The molecule has 1 unspecified atom stereocenters. The van der Waals surface area contributed by atoms with Gasteiger partial charge in [-0.3, -0.25) is 14.9 Å². The number of benzene rings is 1.